The number of sulfonamides is 1. The van der Waals surface area contributed by atoms with Crippen LogP contribution in [0.5, 0.6) is 5.75 Å². The van der Waals surface area contributed by atoms with Crippen molar-refractivity contribution < 1.29 is 18.1 Å². The smallest absolute Gasteiger partial charge is 0.269 e. The number of nitro groups is 1. The van der Waals surface area contributed by atoms with E-state index in [0.717, 1.165) is 23.2 Å². The van der Waals surface area contributed by atoms with Crippen LogP contribution in [-0.2, 0) is 10.0 Å². The van der Waals surface area contributed by atoms with Crippen LogP contribution in [0.3, 0.4) is 0 Å². The van der Waals surface area contributed by atoms with E-state index < -0.39 is 14.9 Å². The van der Waals surface area contributed by atoms with Crippen LogP contribution in [0, 0.1) is 16.0 Å². The second-order valence-corrected chi connectivity index (χ2v) is 10.3. The maximum atomic E-state index is 13.1. The Labute approximate surface area is 203 Å². The molecule has 0 saturated carbocycles. The molecule has 2 aliphatic rings. The minimum atomic E-state index is -3.79. The fourth-order valence-electron chi connectivity index (χ4n) is 4.87. The lowest BCUT2D eigenvalue weighted by Crippen LogP contribution is -2.29. The van der Waals surface area contributed by atoms with Crippen molar-refractivity contribution in [3.8, 4) is 5.75 Å². The predicted molar refractivity (Wildman–Crippen MR) is 134 cm³/mol. The van der Waals surface area contributed by atoms with Gasteiger partial charge in [-0.3, -0.25) is 14.8 Å². The molecule has 0 fully saturated rings. The van der Waals surface area contributed by atoms with E-state index in [2.05, 4.69) is 22.2 Å². The molecule has 0 aromatic heterocycles. The van der Waals surface area contributed by atoms with E-state index in [4.69, 9.17) is 4.74 Å². The van der Waals surface area contributed by atoms with E-state index >= 15 is 0 Å². The lowest BCUT2D eigenvalue weighted by atomic mass is 9.77. The summed E-state index contributed by atoms with van der Waals surface area (Å²) < 4.78 is 34.3. The number of rotatable bonds is 7. The van der Waals surface area contributed by atoms with Gasteiger partial charge in [-0.2, -0.15) is 0 Å². The van der Waals surface area contributed by atoms with Gasteiger partial charge in [-0.15, -0.1) is 0 Å². The largest absolute Gasteiger partial charge is 0.494 e. The van der Waals surface area contributed by atoms with Gasteiger partial charge in [-0.1, -0.05) is 24.3 Å². The molecule has 1 aliphatic heterocycles. The molecule has 0 radical (unpaired) electrons. The highest BCUT2D eigenvalue weighted by Crippen LogP contribution is 2.50. The molecule has 3 aromatic rings. The van der Waals surface area contributed by atoms with Gasteiger partial charge in [0.15, 0.2) is 0 Å². The molecular weight excluding hydrogens is 466 g/mol. The Bertz CT molecular complexity index is 1390. The maximum absolute atomic E-state index is 13.1. The van der Waals surface area contributed by atoms with Crippen molar-refractivity contribution in [2.24, 2.45) is 5.92 Å². The molecule has 1 heterocycles. The molecule has 5 rings (SSSR count). The summed E-state index contributed by atoms with van der Waals surface area (Å²) in [5.41, 5.74) is 3.27. The number of hydrogen-bond donors (Lipinski definition) is 2. The second kappa shape index (κ2) is 9.07. The van der Waals surface area contributed by atoms with Gasteiger partial charge in [0.25, 0.3) is 15.7 Å². The van der Waals surface area contributed by atoms with Crippen LogP contribution in [-0.4, -0.2) is 19.9 Å². The molecule has 180 valence electrons. The molecule has 0 bridgehead atoms. The Kier molecular flexibility index (Phi) is 5.94. The van der Waals surface area contributed by atoms with Crippen molar-refractivity contribution >= 4 is 27.1 Å². The average molecular weight is 492 g/mol. The standard InChI is InChI=1S/C26H25N3O5S/c1-2-34-20-12-8-18(9-13-20)28-35(32,33)21-14-15-25-24(16-21)22-4-3-5-23(22)26(27-25)17-6-10-19(11-7-17)29(30)31/h3-4,6-16,22-23,26-28H,2,5H2,1H3/t22-,23+,26+/m1/s1. The minimum Gasteiger partial charge on any atom is -0.494 e. The van der Waals surface area contributed by atoms with Crippen molar-refractivity contribution in [1.82, 2.24) is 0 Å². The fraction of sp³-hybridized carbons (Fsp3) is 0.231. The number of nitro benzene ring substituents is 1. The molecule has 35 heavy (non-hydrogen) atoms. The molecule has 0 spiro atoms. The molecular formula is C26H25N3O5S. The van der Waals surface area contributed by atoms with Gasteiger partial charge >= 0.3 is 0 Å². The maximum Gasteiger partial charge on any atom is 0.269 e. The van der Waals surface area contributed by atoms with Gasteiger partial charge in [0.1, 0.15) is 5.75 Å². The van der Waals surface area contributed by atoms with Crippen LogP contribution in [0.2, 0.25) is 0 Å². The predicted octanol–water partition coefficient (Wildman–Crippen LogP) is 5.62. The summed E-state index contributed by atoms with van der Waals surface area (Å²) in [6, 6.07) is 18.5. The molecule has 0 unspecified atom stereocenters. The molecule has 2 N–H and O–H groups in total. The zero-order valence-corrected chi connectivity index (χ0v) is 19.9. The number of non-ortho nitro benzene ring substituents is 1. The third-order valence-electron chi connectivity index (χ3n) is 6.53. The zero-order valence-electron chi connectivity index (χ0n) is 19.0. The number of ether oxygens (including phenoxy) is 1. The number of allylic oxidation sites excluding steroid dienone is 2. The van der Waals surface area contributed by atoms with Gasteiger partial charge in [-0.25, -0.2) is 8.42 Å². The molecule has 0 amide bonds. The molecule has 9 heteroatoms. The van der Waals surface area contributed by atoms with Crippen molar-refractivity contribution in [3.63, 3.8) is 0 Å². The van der Waals surface area contributed by atoms with Gasteiger partial charge in [-0.05, 0) is 72.9 Å². The third-order valence-corrected chi connectivity index (χ3v) is 7.90. The first-order chi connectivity index (χ1) is 16.9. The normalized spacial score (nSPS) is 20.4. The van der Waals surface area contributed by atoms with Crippen LogP contribution in [0.4, 0.5) is 17.1 Å². The second-order valence-electron chi connectivity index (χ2n) is 8.64. The Hall–Kier alpha value is -3.85. The SMILES string of the molecule is CCOc1ccc(NS(=O)(=O)c2ccc3c(c2)[C@@H]2C=CC[C@@H]2[C@H](c2ccc([N+](=O)[O-])cc2)N3)cc1. The summed E-state index contributed by atoms with van der Waals surface area (Å²) in [6.45, 7) is 2.43. The van der Waals surface area contributed by atoms with E-state index in [0.29, 0.717) is 18.0 Å². The lowest BCUT2D eigenvalue weighted by Gasteiger charge is -2.37. The Morgan fingerprint density at radius 3 is 2.51 bits per heavy atom. The monoisotopic (exact) mass is 491 g/mol. The summed E-state index contributed by atoms with van der Waals surface area (Å²) in [5, 5.41) is 14.6. The molecule has 3 aromatic carbocycles. The van der Waals surface area contributed by atoms with Gasteiger partial charge in [0, 0.05) is 29.4 Å². The van der Waals surface area contributed by atoms with E-state index in [-0.39, 0.29) is 28.5 Å². The third kappa shape index (κ3) is 4.46. The highest BCUT2D eigenvalue weighted by Gasteiger charge is 2.38. The molecule has 0 saturated heterocycles. The summed E-state index contributed by atoms with van der Waals surface area (Å²) in [7, 11) is -3.79. The van der Waals surface area contributed by atoms with Gasteiger partial charge < -0.3 is 10.1 Å². The average Bonchev–Trinajstić information content (AvgIpc) is 3.35. The van der Waals surface area contributed by atoms with Crippen LogP contribution < -0.4 is 14.8 Å². The number of hydrogen-bond acceptors (Lipinski definition) is 6. The number of anilines is 2. The van der Waals surface area contributed by atoms with Crippen LogP contribution >= 0.6 is 0 Å². The first-order valence-corrected chi connectivity index (χ1v) is 12.9. The summed E-state index contributed by atoms with van der Waals surface area (Å²) in [6.07, 6.45) is 5.07. The van der Waals surface area contributed by atoms with Crippen molar-refractivity contribution in [2.75, 3.05) is 16.6 Å². The minimum absolute atomic E-state index is 0.0345. The zero-order chi connectivity index (χ0) is 24.6. The summed E-state index contributed by atoms with van der Waals surface area (Å²) in [5.74, 6) is 0.907. The highest BCUT2D eigenvalue weighted by atomic mass is 32.2. The molecule has 8 nitrogen and oxygen atoms in total. The number of nitrogens with zero attached hydrogens (tertiary/aromatic N) is 1. The number of fused-ring (bicyclic) bond motifs is 3. The van der Waals surface area contributed by atoms with Crippen LogP contribution in [0.25, 0.3) is 0 Å². The quantitative estimate of drug-likeness (QED) is 0.252. The Balaban J connectivity index is 1.42. The van der Waals surface area contributed by atoms with E-state index in [1.54, 1.807) is 54.6 Å². The molecule has 3 atom stereocenters. The van der Waals surface area contributed by atoms with Gasteiger partial charge in [0.2, 0.25) is 0 Å². The van der Waals surface area contributed by atoms with E-state index in [1.807, 2.05) is 6.92 Å². The van der Waals surface area contributed by atoms with Crippen LogP contribution in [0.1, 0.15) is 36.4 Å². The first kappa shape index (κ1) is 22.9. The Morgan fingerprint density at radius 1 is 1.09 bits per heavy atom. The lowest BCUT2D eigenvalue weighted by molar-refractivity contribution is -0.384. The number of benzene rings is 3. The number of nitrogens with one attached hydrogen (secondary N) is 2. The van der Waals surface area contributed by atoms with Crippen molar-refractivity contribution in [3.05, 3.63) is 100 Å². The van der Waals surface area contributed by atoms with E-state index in [9.17, 15) is 18.5 Å². The Morgan fingerprint density at radius 2 is 1.83 bits per heavy atom. The van der Waals surface area contributed by atoms with Gasteiger partial charge in [0.05, 0.1) is 22.5 Å². The highest BCUT2D eigenvalue weighted by molar-refractivity contribution is 7.92. The summed E-state index contributed by atoms with van der Waals surface area (Å²) >= 11 is 0. The van der Waals surface area contributed by atoms with E-state index in [1.165, 1.54) is 12.1 Å². The van der Waals surface area contributed by atoms with Crippen LogP contribution in [0.15, 0.2) is 83.8 Å². The molecule has 1 aliphatic carbocycles. The summed E-state index contributed by atoms with van der Waals surface area (Å²) in [4.78, 5) is 10.8. The van der Waals surface area contributed by atoms with Crippen molar-refractivity contribution in [2.45, 2.75) is 30.2 Å². The van der Waals surface area contributed by atoms with Crippen molar-refractivity contribution in [1.29, 1.82) is 0 Å². The topological polar surface area (TPSA) is 111 Å². The fourth-order valence-corrected chi connectivity index (χ4v) is 5.97. The first-order valence-electron chi connectivity index (χ1n) is 11.4.